The fourth-order valence-electron chi connectivity index (χ4n) is 8.56. The minimum absolute atomic E-state index is 0.546. The highest BCUT2D eigenvalue weighted by Gasteiger charge is 2.22. The summed E-state index contributed by atoms with van der Waals surface area (Å²) in [5.74, 6) is 0. The van der Waals surface area contributed by atoms with E-state index in [0.29, 0.717) is 17.7 Å². The van der Waals surface area contributed by atoms with Gasteiger partial charge in [-0.25, -0.2) is 0 Å². The van der Waals surface area contributed by atoms with E-state index in [2.05, 4.69) is 168 Å². The zero-order valence-corrected chi connectivity index (χ0v) is 30.3. The van der Waals surface area contributed by atoms with Crippen molar-refractivity contribution in [3.05, 3.63) is 193 Å². The van der Waals surface area contributed by atoms with Gasteiger partial charge in [-0.05, 0) is 105 Å². The van der Waals surface area contributed by atoms with Crippen LogP contribution in [0.3, 0.4) is 0 Å². The van der Waals surface area contributed by atoms with Crippen LogP contribution in [0.5, 0.6) is 0 Å². The van der Waals surface area contributed by atoms with Crippen LogP contribution in [0.1, 0.15) is 11.1 Å². The van der Waals surface area contributed by atoms with E-state index in [1.165, 1.54) is 65.3 Å². The van der Waals surface area contributed by atoms with Crippen LogP contribution >= 0.6 is 0 Å². The third kappa shape index (κ3) is 5.40. The number of nitrogens with zero attached hydrogens (tertiary/aromatic N) is 3. The second kappa shape index (κ2) is 13.6. The van der Waals surface area contributed by atoms with Gasteiger partial charge in [-0.15, -0.1) is 0 Å². The highest BCUT2D eigenvalue weighted by atomic mass is 14.8. The number of hydrogen-bond acceptors (Lipinski definition) is 4. The molecule has 0 atom stereocenters. The zero-order valence-electron chi connectivity index (χ0n) is 30.3. The van der Waals surface area contributed by atoms with Gasteiger partial charge >= 0.3 is 0 Å². The predicted molar refractivity (Wildman–Crippen MR) is 230 cm³/mol. The molecule has 1 aliphatic heterocycles. The number of hydrogen-bond donors (Lipinski definition) is 1. The van der Waals surface area contributed by atoms with Crippen molar-refractivity contribution in [1.29, 1.82) is 10.5 Å². The first-order valence-electron chi connectivity index (χ1n) is 18.7. The van der Waals surface area contributed by atoms with Crippen LogP contribution in [0.15, 0.2) is 182 Å². The lowest BCUT2D eigenvalue weighted by atomic mass is 9.81. The number of nitriles is 2. The maximum atomic E-state index is 9.48. The van der Waals surface area contributed by atoms with Crippen LogP contribution < -0.4 is 5.32 Å². The molecule has 2 heterocycles. The largest absolute Gasteiger partial charge is 0.386 e. The molecule has 0 amide bonds. The Morgan fingerprint density at radius 1 is 0.429 bits per heavy atom. The second-order valence-corrected chi connectivity index (χ2v) is 14.2. The number of aromatic nitrogens is 1. The number of pyridine rings is 1. The molecule has 0 saturated heterocycles. The van der Waals surface area contributed by atoms with Crippen molar-refractivity contribution in [1.82, 2.24) is 10.3 Å². The molecule has 0 unspecified atom stereocenters. The summed E-state index contributed by atoms with van der Waals surface area (Å²) in [5.41, 5.74) is 12.5. The second-order valence-electron chi connectivity index (χ2n) is 14.2. The topological polar surface area (TPSA) is 72.5 Å². The average molecular weight is 713 g/mol. The van der Waals surface area contributed by atoms with E-state index < -0.39 is 0 Å². The van der Waals surface area contributed by atoms with Crippen molar-refractivity contribution in [2.75, 3.05) is 6.54 Å². The van der Waals surface area contributed by atoms with E-state index in [1.807, 2.05) is 12.1 Å². The molecule has 0 fully saturated rings. The van der Waals surface area contributed by atoms with Crippen LogP contribution in [0, 0.1) is 22.7 Å². The van der Waals surface area contributed by atoms with Crippen molar-refractivity contribution >= 4 is 48.7 Å². The summed E-state index contributed by atoms with van der Waals surface area (Å²) in [6.07, 6.45) is 7.14. The van der Waals surface area contributed by atoms with Gasteiger partial charge in [0.1, 0.15) is 12.1 Å². The lowest BCUT2D eigenvalue weighted by Crippen LogP contribution is -2.13. The summed E-state index contributed by atoms with van der Waals surface area (Å²) in [6, 6.07) is 59.0. The molecule has 0 bridgehead atoms. The molecule has 0 saturated carbocycles. The smallest absolute Gasteiger partial charge is 0.101 e. The number of dihydropyridines is 1. The molecule has 0 spiro atoms. The van der Waals surface area contributed by atoms with E-state index >= 15 is 0 Å². The van der Waals surface area contributed by atoms with Crippen molar-refractivity contribution in [2.45, 2.75) is 0 Å². The van der Waals surface area contributed by atoms with E-state index in [1.54, 1.807) is 18.6 Å². The van der Waals surface area contributed by atoms with E-state index in [4.69, 9.17) is 0 Å². The zero-order chi connectivity index (χ0) is 37.6. The van der Waals surface area contributed by atoms with Gasteiger partial charge in [0.15, 0.2) is 0 Å². The molecule has 10 rings (SSSR count). The monoisotopic (exact) mass is 712 g/mol. The summed E-state index contributed by atoms with van der Waals surface area (Å²) in [6.45, 7) is 0.687. The van der Waals surface area contributed by atoms with Crippen LogP contribution in [-0.4, -0.2) is 11.5 Å². The van der Waals surface area contributed by atoms with Crippen LogP contribution in [-0.2, 0) is 0 Å². The maximum Gasteiger partial charge on any atom is 0.101 e. The lowest BCUT2D eigenvalue weighted by Gasteiger charge is -2.22. The summed E-state index contributed by atoms with van der Waals surface area (Å²) < 4.78 is 0. The summed E-state index contributed by atoms with van der Waals surface area (Å²) >= 11 is 0. The SMILES string of the molecule is N#CC1=CNCC(c2ccc(-c3c4ccccc4c(-c4c5ccccc5c(-c5ccc(-c6cncc(C#N)c6)cc5)c5ccccc45)c4ccccc34)cc2)=C1. The van der Waals surface area contributed by atoms with Crippen molar-refractivity contribution in [3.8, 4) is 56.6 Å². The Labute approximate surface area is 324 Å². The normalized spacial score (nSPS) is 12.5. The molecule has 4 heteroatoms. The fraction of sp³-hybridized carbons (Fsp3) is 0.0192. The molecule has 4 nitrogen and oxygen atoms in total. The minimum atomic E-state index is 0.546. The Bertz CT molecular complexity index is 3080. The number of fused-ring (bicyclic) bond motifs is 4. The van der Waals surface area contributed by atoms with E-state index in [-0.39, 0.29) is 0 Å². The van der Waals surface area contributed by atoms with Crippen molar-refractivity contribution < 1.29 is 0 Å². The highest BCUT2D eigenvalue weighted by Crippen LogP contribution is 2.50. The molecule has 56 heavy (non-hydrogen) atoms. The molecule has 260 valence electrons. The van der Waals surface area contributed by atoms with Gasteiger partial charge in [0, 0.05) is 30.7 Å². The van der Waals surface area contributed by atoms with Crippen LogP contribution in [0.25, 0.3) is 93.2 Å². The van der Waals surface area contributed by atoms with Gasteiger partial charge < -0.3 is 5.32 Å². The molecule has 1 N–H and O–H groups in total. The third-order valence-electron chi connectivity index (χ3n) is 11.0. The molecule has 8 aromatic carbocycles. The van der Waals surface area contributed by atoms with Crippen molar-refractivity contribution in [3.63, 3.8) is 0 Å². The Morgan fingerprint density at radius 2 is 0.839 bits per heavy atom. The first-order chi connectivity index (χ1) is 27.7. The maximum absolute atomic E-state index is 9.48. The molecular weight excluding hydrogens is 681 g/mol. The Morgan fingerprint density at radius 3 is 1.27 bits per heavy atom. The van der Waals surface area contributed by atoms with Crippen LogP contribution in [0.4, 0.5) is 0 Å². The van der Waals surface area contributed by atoms with E-state index in [9.17, 15) is 10.5 Å². The summed E-state index contributed by atoms with van der Waals surface area (Å²) in [7, 11) is 0. The predicted octanol–water partition coefficient (Wildman–Crippen LogP) is 12.6. The van der Waals surface area contributed by atoms with Gasteiger partial charge in [-0.2, -0.15) is 10.5 Å². The molecular formula is C52H32N4. The average Bonchev–Trinajstić information content (AvgIpc) is 3.28. The van der Waals surface area contributed by atoms with Gasteiger partial charge in [0.25, 0.3) is 0 Å². The quantitative estimate of drug-likeness (QED) is 0.180. The van der Waals surface area contributed by atoms with Gasteiger partial charge in [0.05, 0.1) is 11.1 Å². The number of benzene rings is 8. The Hall–Kier alpha value is -7.79. The van der Waals surface area contributed by atoms with Gasteiger partial charge in [-0.3, -0.25) is 4.98 Å². The number of rotatable bonds is 5. The first kappa shape index (κ1) is 32.8. The third-order valence-corrected chi connectivity index (χ3v) is 11.0. The van der Waals surface area contributed by atoms with Gasteiger partial charge in [-0.1, -0.05) is 146 Å². The lowest BCUT2D eigenvalue weighted by molar-refractivity contribution is 0.977. The van der Waals surface area contributed by atoms with E-state index in [0.717, 1.165) is 33.4 Å². The molecule has 0 radical (unpaired) electrons. The van der Waals surface area contributed by atoms with Gasteiger partial charge in [0.2, 0.25) is 0 Å². The standard InChI is InChI=1S/C52H32N4/c53-27-33-25-39(31-55-29-33)35-17-21-37(22-18-35)49-41-9-1-5-13-45(41)51(46-14-6-2-10-42(46)49)52-47-15-7-3-11-43(47)50(44-12-4-8-16-48(44)52)38-23-19-36(20-24-38)40-26-34(28-54)30-56-32-40/h1-26,29-31,56H,32H2. The molecule has 1 aliphatic rings. The summed E-state index contributed by atoms with van der Waals surface area (Å²) in [4.78, 5) is 4.29. The minimum Gasteiger partial charge on any atom is -0.386 e. The first-order valence-corrected chi connectivity index (χ1v) is 18.7. The highest BCUT2D eigenvalue weighted by molar-refractivity contribution is 6.30. The fourth-order valence-corrected chi connectivity index (χ4v) is 8.56. The molecule has 1 aromatic heterocycles. The number of allylic oxidation sites excluding steroid dienone is 2. The molecule has 9 aromatic rings. The molecule has 0 aliphatic carbocycles. The summed E-state index contributed by atoms with van der Waals surface area (Å²) in [5, 5.41) is 31.8. The Balaban J connectivity index is 1.20. The number of nitrogens with one attached hydrogen (secondary N) is 1. The Kier molecular flexibility index (Phi) is 7.95. The van der Waals surface area contributed by atoms with Crippen molar-refractivity contribution in [2.24, 2.45) is 0 Å². The van der Waals surface area contributed by atoms with Crippen LogP contribution in [0.2, 0.25) is 0 Å².